The molecule has 1 aliphatic carbocycles. The molecule has 10 heteroatoms. The maximum Gasteiger partial charge on any atom is 0.328 e. The summed E-state index contributed by atoms with van der Waals surface area (Å²) in [6.07, 6.45) is 3.81. The summed E-state index contributed by atoms with van der Waals surface area (Å²) in [5, 5.41) is 9.13. The van der Waals surface area contributed by atoms with E-state index in [9.17, 15) is 19.2 Å². The summed E-state index contributed by atoms with van der Waals surface area (Å²) in [7, 11) is 1.28. The molecule has 0 bridgehead atoms. The van der Waals surface area contributed by atoms with Crippen LogP contribution < -0.4 is 16.0 Å². The van der Waals surface area contributed by atoms with Crippen molar-refractivity contribution in [2.24, 2.45) is 5.41 Å². The molecule has 1 fully saturated rings. The van der Waals surface area contributed by atoms with Crippen molar-refractivity contribution in [3.05, 3.63) is 99.0 Å². The van der Waals surface area contributed by atoms with E-state index in [0.717, 1.165) is 24.0 Å². The molecule has 1 atom stereocenters. The molecule has 43 heavy (non-hydrogen) atoms. The van der Waals surface area contributed by atoms with Crippen LogP contribution in [0, 0.1) is 12.3 Å². The number of nitrogens with one attached hydrogen (secondary N) is 3. The highest BCUT2D eigenvalue weighted by molar-refractivity contribution is 6.40. The van der Waals surface area contributed by atoms with Crippen LogP contribution in [-0.4, -0.2) is 43.4 Å². The highest BCUT2D eigenvalue weighted by atomic mass is 35.5. The monoisotopic (exact) mass is 623 g/mol. The van der Waals surface area contributed by atoms with Gasteiger partial charge < -0.3 is 20.7 Å². The number of rotatable bonds is 11. The van der Waals surface area contributed by atoms with E-state index in [4.69, 9.17) is 27.9 Å². The van der Waals surface area contributed by atoms with E-state index in [1.54, 1.807) is 48.5 Å². The molecule has 3 amide bonds. The molecule has 1 aliphatic rings. The Labute approximate surface area is 261 Å². The number of benzene rings is 3. The maximum atomic E-state index is 13.6. The molecule has 0 saturated heterocycles. The zero-order valence-corrected chi connectivity index (χ0v) is 25.7. The molecule has 0 heterocycles. The van der Waals surface area contributed by atoms with Gasteiger partial charge in [0.2, 0.25) is 5.91 Å². The van der Waals surface area contributed by atoms with Crippen molar-refractivity contribution in [2.75, 3.05) is 19.0 Å². The fourth-order valence-electron chi connectivity index (χ4n) is 5.46. The first-order valence-corrected chi connectivity index (χ1v) is 15.0. The molecule has 4 rings (SSSR count). The first-order chi connectivity index (χ1) is 20.6. The maximum absolute atomic E-state index is 13.6. The lowest BCUT2D eigenvalue weighted by Crippen LogP contribution is -2.50. The van der Waals surface area contributed by atoms with E-state index in [1.165, 1.54) is 7.11 Å². The second kappa shape index (κ2) is 14.5. The van der Waals surface area contributed by atoms with Gasteiger partial charge in [0.25, 0.3) is 11.8 Å². The van der Waals surface area contributed by atoms with Crippen LogP contribution in [0.2, 0.25) is 10.0 Å². The molecule has 3 aromatic rings. The Bertz CT molecular complexity index is 1470. The van der Waals surface area contributed by atoms with Crippen molar-refractivity contribution in [3.63, 3.8) is 0 Å². The van der Waals surface area contributed by atoms with Gasteiger partial charge in [-0.1, -0.05) is 71.9 Å². The van der Waals surface area contributed by atoms with Gasteiger partial charge in [0.15, 0.2) is 0 Å². The van der Waals surface area contributed by atoms with Crippen LogP contribution in [0.5, 0.6) is 0 Å². The van der Waals surface area contributed by atoms with E-state index >= 15 is 0 Å². The minimum atomic E-state index is -0.903. The second-order valence-corrected chi connectivity index (χ2v) is 11.7. The number of carbonyl (C=O) groups excluding carboxylic acids is 4. The Morgan fingerprint density at radius 1 is 0.907 bits per heavy atom. The third-order valence-electron chi connectivity index (χ3n) is 7.84. The summed E-state index contributed by atoms with van der Waals surface area (Å²) in [6, 6.07) is 18.2. The van der Waals surface area contributed by atoms with Gasteiger partial charge in [-0.3, -0.25) is 14.4 Å². The number of hydrogen-bond acceptors (Lipinski definition) is 5. The fourth-order valence-corrected chi connectivity index (χ4v) is 6.03. The first kappa shape index (κ1) is 32.0. The highest BCUT2D eigenvalue weighted by Crippen LogP contribution is 2.41. The summed E-state index contributed by atoms with van der Waals surface area (Å²) in [5.74, 6) is -1.40. The zero-order valence-electron chi connectivity index (χ0n) is 24.2. The normalized spacial score (nSPS) is 14.4. The third-order valence-corrected chi connectivity index (χ3v) is 8.47. The average molecular weight is 625 g/mol. The number of ether oxygens (including phenoxy) is 1. The quantitative estimate of drug-likeness (QED) is 0.222. The highest BCUT2D eigenvalue weighted by Gasteiger charge is 2.42. The molecule has 0 radical (unpaired) electrons. The van der Waals surface area contributed by atoms with Gasteiger partial charge in [-0.15, -0.1) is 0 Å². The Morgan fingerprint density at radius 2 is 1.56 bits per heavy atom. The summed E-state index contributed by atoms with van der Waals surface area (Å²) in [5.41, 5.74) is 2.35. The van der Waals surface area contributed by atoms with Gasteiger partial charge in [0.1, 0.15) is 6.04 Å². The van der Waals surface area contributed by atoms with Crippen molar-refractivity contribution < 1.29 is 23.9 Å². The Hall–Kier alpha value is -3.88. The van der Waals surface area contributed by atoms with Crippen molar-refractivity contribution in [2.45, 2.75) is 51.5 Å². The molecule has 1 unspecified atom stereocenters. The molecular formula is C33H35Cl2N3O5. The van der Waals surface area contributed by atoms with Crippen LogP contribution in [-0.2, 0) is 20.7 Å². The number of methoxy groups -OCH3 is 1. The van der Waals surface area contributed by atoms with E-state index < -0.39 is 23.3 Å². The van der Waals surface area contributed by atoms with Gasteiger partial charge in [-0.05, 0) is 68.1 Å². The van der Waals surface area contributed by atoms with E-state index in [0.29, 0.717) is 37.1 Å². The first-order valence-electron chi connectivity index (χ1n) is 14.2. The molecule has 0 aliphatic heterocycles. The van der Waals surface area contributed by atoms with Gasteiger partial charge in [0.05, 0.1) is 28.1 Å². The van der Waals surface area contributed by atoms with Gasteiger partial charge in [0, 0.05) is 24.2 Å². The van der Waals surface area contributed by atoms with Gasteiger partial charge in [-0.2, -0.15) is 0 Å². The molecule has 226 valence electrons. The summed E-state index contributed by atoms with van der Waals surface area (Å²) >= 11 is 12.3. The number of amides is 3. The van der Waals surface area contributed by atoms with Crippen LogP contribution in [0.15, 0.2) is 66.7 Å². The number of esters is 1. The van der Waals surface area contributed by atoms with Crippen molar-refractivity contribution >= 4 is 52.6 Å². The van der Waals surface area contributed by atoms with Crippen molar-refractivity contribution in [1.29, 1.82) is 0 Å². The van der Waals surface area contributed by atoms with Crippen LogP contribution >= 0.6 is 23.2 Å². The minimum Gasteiger partial charge on any atom is -0.467 e. The number of halogens is 2. The molecule has 0 spiro atoms. The van der Waals surface area contributed by atoms with Gasteiger partial charge in [-0.25, -0.2) is 4.79 Å². The Balaban J connectivity index is 1.39. The number of anilines is 1. The van der Waals surface area contributed by atoms with E-state index in [2.05, 4.69) is 16.0 Å². The fraction of sp³-hybridized carbons (Fsp3) is 0.333. The van der Waals surface area contributed by atoms with Gasteiger partial charge >= 0.3 is 5.97 Å². The smallest absolute Gasteiger partial charge is 0.328 e. The van der Waals surface area contributed by atoms with Crippen LogP contribution in [0.4, 0.5) is 5.69 Å². The molecule has 3 aromatic carbocycles. The Kier molecular flexibility index (Phi) is 10.8. The summed E-state index contributed by atoms with van der Waals surface area (Å²) in [6.45, 7) is 2.27. The average Bonchev–Trinajstić information content (AvgIpc) is 3.47. The standard InChI is InChI=1S/C33H35Cl2N3O5/c1-21-7-5-8-23(19-21)29(39)36-18-17-33(15-3-4-16-33)32(42)38-27(31(41)43-2)20-22-11-13-24(14-12-22)37-30(40)28-25(34)9-6-10-26(28)35/h5-14,19,27H,3-4,15-18,20H2,1-2H3,(H,36,39)(H,37,40)(H,38,42). The van der Waals surface area contributed by atoms with Crippen molar-refractivity contribution in [1.82, 2.24) is 10.6 Å². The number of hydrogen-bond donors (Lipinski definition) is 3. The predicted octanol–water partition coefficient (Wildman–Crippen LogP) is 6.13. The predicted molar refractivity (Wildman–Crippen MR) is 168 cm³/mol. The molecule has 3 N–H and O–H groups in total. The lowest BCUT2D eigenvalue weighted by Gasteiger charge is -2.30. The number of aryl methyl sites for hydroxylation is 1. The van der Waals surface area contributed by atoms with E-state index in [-0.39, 0.29) is 33.8 Å². The second-order valence-electron chi connectivity index (χ2n) is 10.9. The van der Waals surface area contributed by atoms with Crippen molar-refractivity contribution in [3.8, 4) is 0 Å². The lowest BCUT2D eigenvalue weighted by atomic mass is 9.81. The third kappa shape index (κ3) is 8.15. The van der Waals surface area contributed by atoms with Crippen LogP contribution in [0.25, 0.3) is 0 Å². The Morgan fingerprint density at radius 3 is 2.19 bits per heavy atom. The lowest BCUT2D eigenvalue weighted by molar-refractivity contribution is -0.146. The SMILES string of the molecule is COC(=O)C(Cc1ccc(NC(=O)c2c(Cl)cccc2Cl)cc1)NC(=O)C1(CCNC(=O)c2cccc(C)c2)CCCC1. The topological polar surface area (TPSA) is 114 Å². The molecule has 0 aromatic heterocycles. The zero-order chi connectivity index (χ0) is 31.0. The summed E-state index contributed by atoms with van der Waals surface area (Å²) in [4.78, 5) is 51.7. The van der Waals surface area contributed by atoms with Crippen LogP contribution in [0.3, 0.4) is 0 Å². The van der Waals surface area contributed by atoms with Crippen LogP contribution in [0.1, 0.15) is 63.9 Å². The molecule has 8 nitrogen and oxygen atoms in total. The molecular weight excluding hydrogens is 589 g/mol. The minimum absolute atomic E-state index is 0.180. The van der Waals surface area contributed by atoms with E-state index in [1.807, 2.05) is 25.1 Å². The molecule has 1 saturated carbocycles. The largest absolute Gasteiger partial charge is 0.467 e. The number of carbonyl (C=O) groups is 4. The summed E-state index contributed by atoms with van der Waals surface area (Å²) < 4.78 is 5.01.